The third kappa shape index (κ3) is 3.12. The second-order valence-electron chi connectivity index (χ2n) is 5.74. The van der Waals surface area contributed by atoms with Gasteiger partial charge in [0.1, 0.15) is 17.0 Å². The lowest BCUT2D eigenvalue weighted by Crippen LogP contribution is -2.28. The number of nitrogens with zero attached hydrogens (tertiary/aromatic N) is 2. The van der Waals surface area contributed by atoms with Crippen LogP contribution in [0.25, 0.3) is 16.7 Å². The Kier molecular flexibility index (Phi) is 4.07. The molecule has 4 aromatic rings. The topological polar surface area (TPSA) is 77.1 Å². The Balaban J connectivity index is 1.54. The van der Waals surface area contributed by atoms with E-state index in [4.69, 9.17) is 4.42 Å². The fourth-order valence-corrected chi connectivity index (χ4v) is 2.67. The highest BCUT2D eigenvalue weighted by atomic mass is 16.3. The molecule has 0 spiro atoms. The molecule has 0 atom stereocenters. The van der Waals surface area contributed by atoms with Crippen molar-refractivity contribution in [2.45, 2.75) is 6.54 Å². The normalized spacial score (nSPS) is 10.8. The number of para-hydroxylation sites is 2. The smallest absolute Gasteiger partial charge is 0.272 e. The fourth-order valence-electron chi connectivity index (χ4n) is 2.67. The Hall–Kier alpha value is -3.67. The number of hydrogen-bond acceptors (Lipinski definition) is 4. The Morgan fingerprint density at radius 1 is 1.00 bits per heavy atom. The van der Waals surface area contributed by atoms with Crippen molar-refractivity contribution in [3.63, 3.8) is 0 Å². The Labute approximate surface area is 148 Å². The van der Waals surface area contributed by atoms with Crippen molar-refractivity contribution < 1.29 is 9.21 Å². The second kappa shape index (κ2) is 6.68. The molecule has 0 saturated heterocycles. The van der Waals surface area contributed by atoms with Gasteiger partial charge in [0.05, 0.1) is 12.2 Å². The third-order valence-corrected chi connectivity index (χ3v) is 3.93. The number of fused-ring (bicyclic) bond motifs is 1. The lowest BCUT2D eigenvalue weighted by Gasteiger charge is -2.07. The molecule has 6 nitrogen and oxygen atoms in total. The molecule has 0 unspecified atom stereocenters. The quantitative estimate of drug-likeness (QED) is 0.617. The van der Waals surface area contributed by atoms with E-state index in [2.05, 4.69) is 10.4 Å². The van der Waals surface area contributed by atoms with Gasteiger partial charge in [-0.2, -0.15) is 9.78 Å². The number of nitrogens with one attached hydrogen (secondary N) is 1. The molecule has 0 aliphatic heterocycles. The van der Waals surface area contributed by atoms with Crippen molar-refractivity contribution in [2.75, 3.05) is 0 Å². The minimum atomic E-state index is -0.380. The minimum Gasteiger partial charge on any atom is -0.459 e. The van der Waals surface area contributed by atoms with Crippen LogP contribution in [0.4, 0.5) is 0 Å². The van der Waals surface area contributed by atoms with Crippen molar-refractivity contribution in [1.82, 2.24) is 15.1 Å². The number of carbonyl (C=O) groups excluding carboxylic acids is 1. The van der Waals surface area contributed by atoms with Crippen molar-refractivity contribution >= 4 is 16.9 Å². The molecule has 6 heteroatoms. The van der Waals surface area contributed by atoms with Gasteiger partial charge < -0.3 is 9.73 Å². The molecule has 2 aromatic heterocycles. The molecule has 1 amide bonds. The minimum absolute atomic E-state index is 0.157. The lowest BCUT2D eigenvalue weighted by molar-refractivity contribution is 0.0941. The molecule has 0 aliphatic rings. The van der Waals surface area contributed by atoms with Gasteiger partial charge in [0.2, 0.25) is 0 Å². The standard InChI is InChI=1S/C20H15N3O3/c24-19-11-10-17(22-23(19)15-7-2-1-3-8-15)20(25)21-13-16-12-14-6-4-5-9-18(14)26-16/h1-12H,13H2,(H,21,25). The molecular weight excluding hydrogens is 330 g/mol. The molecule has 2 heterocycles. The molecular formula is C20H15N3O3. The van der Waals surface area contributed by atoms with E-state index < -0.39 is 0 Å². The van der Waals surface area contributed by atoms with E-state index in [0.717, 1.165) is 11.0 Å². The number of aromatic nitrogens is 2. The van der Waals surface area contributed by atoms with Gasteiger partial charge in [-0.1, -0.05) is 36.4 Å². The zero-order valence-electron chi connectivity index (χ0n) is 13.8. The van der Waals surface area contributed by atoms with Gasteiger partial charge in [-0.15, -0.1) is 0 Å². The van der Waals surface area contributed by atoms with E-state index in [9.17, 15) is 9.59 Å². The average Bonchev–Trinajstić information content (AvgIpc) is 3.10. The summed E-state index contributed by atoms with van der Waals surface area (Å²) in [6, 6.07) is 21.2. The number of furan rings is 1. The van der Waals surface area contributed by atoms with Crippen LogP contribution in [-0.2, 0) is 6.54 Å². The van der Waals surface area contributed by atoms with Crippen LogP contribution in [0.15, 0.2) is 82.0 Å². The summed E-state index contributed by atoms with van der Waals surface area (Å²) < 4.78 is 6.88. The third-order valence-electron chi connectivity index (χ3n) is 3.93. The predicted octanol–water partition coefficient (Wildman–Crippen LogP) is 2.91. The molecule has 128 valence electrons. The van der Waals surface area contributed by atoms with Crippen molar-refractivity contribution in [3.05, 3.63) is 94.6 Å². The molecule has 4 rings (SSSR count). The van der Waals surface area contributed by atoms with Crippen LogP contribution in [0, 0.1) is 0 Å². The lowest BCUT2D eigenvalue weighted by atomic mass is 10.2. The van der Waals surface area contributed by atoms with Gasteiger partial charge in [0, 0.05) is 11.5 Å². The van der Waals surface area contributed by atoms with E-state index in [1.54, 1.807) is 24.3 Å². The van der Waals surface area contributed by atoms with Gasteiger partial charge in [-0.25, -0.2) is 0 Å². The van der Waals surface area contributed by atoms with Gasteiger partial charge >= 0.3 is 0 Å². The Bertz CT molecular complexity index is 1100. The molecule has 0 fully saturated rings. The van der Waals surface area contributed by atoms with Crippen molar-refractivity contribution in [2.24, 2.45) is 0 Å². The van der Waals surface area contributed by atoms with E-state index in [-0.39, 0.29) is 23.7 Å². The fraction of sp³-hybridized carbons (Fsp3) is 0.0500. The average molecular weight is 345 g/mol. The number of hydrogen-bond donors (Lipinski definition) is 1. The SMILES string of the molecule is O=C(NCc1cc2ccccc2o1)c1ccc(=O)n(-c2ccccc2)n1. The number of amides is 1. The van der Waals surface area contributed by atoms with Gasteiger partial charge in [0.15, 0.2) is 0 Å². The van der Waals surface area contributed by atoms with E-state index >= 15 is 0 Å². The van der Waals surface area contributed by atoms with Crippen LogP contribution in [0.3, 0.4) is 0 Å². The van der Waals surface area contributed by atoms with Crippen molar-refractivity contribution in [3.8, 4) is 5.69 Å². The van der Waals surface area contributed by atoms with Crippen LogP contribution in [0.5, 0.6) is 0 Å². The maximum absolute atomic E-state index is 12.4. The summed E-state index contributed by atoms with van der Waals surface area (Å²) in [5.74, 6) is 0.270. The zero-order chi connectivity index (χ0) is 17.9. The monoisotopic (exact) mass is 345 g/mol. The molecule has 0 saturated carbocycles. The summed E-state index contributed by atoms with van der Waals surface area (Å²) in [6.45, 7) is 0.236. The van der Waals surface area contributed by atoms with E-state index in [0.29, 0.717) is 11.4 Å². The molecule has 0 bridgehead atoms. The van der Waals surface area contributed by atoms with Crippen LogP contribution in [0.2, 0.25) is 0 Å². The summed E-state index contributed by atoms with van der Waals surface area (Å²) in [6.07, 6.45) is 0. The summed E-state index contributed by atoms with van der Waals surface area (Å²) in [5, 5.41) is 7.90. The molecule has 1 N–H and O–H groups in total. The highest BCUT2D eigenvalue weighted by molar-refractivity contribution is 5.92. The summed E-state index contributed by atoms with van der Waals surface area (Å²) in [4.78, 5) is 24.4. The Morgan fingerprint density at radius 2 is 1.77 bits per heavy atom. The highest BCUT2D eigenvalue weighted by Gasteiger charge is 2.11. The van der Waals surface area contributed by atoms with Crippen LogP contribution in [0.1, 0.15) is 16.2 Å². The van der Waals surface area contributed by atoms with Gasteiger partial charge in [-0.3, -0.25) is 9.59 Å². The molecule has 26 heavy (non-hydrogen) atoms. The molecule has 2 aromatic carbocycles. The van der Waals surface area contributed by atoms with Gasteiger partial charge in [0.25, 0.3) is 11.5 Å². The second-order valence-corrected chi connectivity index (χ2v) is 5.74. The zero-order valence-corrected chi connectivity index (χ0v) is 13.8. The highest BCUT2D eigenvalue weighted by Crippen LogP contribution is 2.18. The number of carbonyl (C=O) groups is 1. The van der Waals surface area contributed by atoms with Crippen LogP contribution < -0.4 is 10.9 Å². The van der Waals surface area contributed by atoms with Gasteiger partial charge in [-0.05, 0) is 30.3 Å². The van der Waals surface area contributed by atoms with Crippen molar-refractivity contribution in [1.29, 1.82) is 0 Å². The first-order valence-corrected chi connectivity index (χ1v) is 8.12. The first-order valence-electron chi connectivity index (χ1n) is 8.12. The van der Waals surface area contributed by atoms with Crippen LogP contribution >= 0.6 is 0 Å². The maximum atomic E-state index is 12.4. The summed E-state index contributed by atoms with van der Waals surface area (Å²) >= 11 is 0. The van der Waals surface area contributed by atoms with E-state index in [1.807, 2.05) is 36.4 Å². The largest absolute Gasteiger partial charge is 0.459 e. The van der Waals surface area contributed by atoms with E-state index in [1.165, 1.54) is 16.8 Å². The van der Waals surface area contributed by atoms with Crippen LogP contribution in [-0.4, -0.2) is 15.7 Å². The Morgan fingerprint density at radius 3 is 2.58 bits per heavy atom. The number of rotatable bonds is 4. The number of benzene rings is 2. The maximum Gasteiger partial charge on any atom is 0.272 e. The first-order chi connectivity index (χ1) is 12.7. The predicted molar refractivity (Wildman–Crippen MR) is 97.2 cm³/mol. The molecule has 0 radical (unpaired) electrons. The molecule has 0 aliphatic carbocycles. The first kappa shape index (κ1) is 15.8. The summed E-state index contributed by atoms with van der Waals surface area (Å²) in [7, 11) is 0. The summed E-state index contributed by atoms with van der Waals surface area (Å²) in [5.41, 5.74) is 1.23.